The van der Waals surface area contributed by atoms with Gasteiger partial charge in [0.05, 0.1) is 0 Å². The van der Waals surface area contributed by atoms with Crippen molar-refractivity contribution in [1.82, 2.24) is 0 Å². The Balaban J connectivity index is 3.83. The van der Waals surface area contributed by atoms with Crippen molar-refractivity contribution in [2.75, 3.05) is 13.2 Å². The quantitative estimate of drug-likeness (QED) is 0.379. The van der Waals surface area contributed by atoms with Crippen molar-refractivity contribution in [3.8, 4) is 0 Å². The van der Waals surface area contributed by atoms with E-state index in [4.69, 9.17) is 10.5 Å². The van der Waals surface area contributed by atoms with Gasteiger partial charge >= 0.3 is 5.97 Å². The molecule has 0 aromatic rings. The molecule has 0 saturated carbocycles. The number of ether oxygens (including phenoxy) is 1. The summed E-state index contributed by atoms with van der Waals surface area (Å²) in [6, 6.07) is 0. The van der Waals surface area contributed by atoms with Crippen LogP contribution >= 0.6 is 0 Å². The summed E-state index contributed by atoms with van der Waals surface area (Å²) < 4.78 is 4.78. The first kappa shape index (κ1) is 10.9. The van der Waals surface area contributed by atoms with Crippen LogP contribution in [0.5, 0.6) is 0 Å². The summed E-state index contributed by atoms with van der Waals surface area (Å²) in [5, 5.41) is 0. The summed E-state index contributed by atoms with van der Waals surface area (Å²) in [5.74, 6) is -0.303. The minimum Gasteiger partial charge on any atom is -0.461 e. The maximum absolute atomic E-state index is 11.0. The number of hydrogen-bond acceptors (Lipinski definition) is 3. The highest BCUT2D eigenvalue weighted by Crippen LogP contribution is 1.98. The Hall–Kier alpha value is -1.09. The summed E-state index contributed by atoms with van der Waals surface area (Å²) in [7, 11) is 0. The third-order valence-corrected chi connectivity index (χ3v) is 1.26. The number of carbonyl (C=O) groups excluding carboxylic acids is 1. The van der Waals surface area contributed by atoms with Crippen LogP contribution in [0.15, 0.2) is 24.3 Å². The maximum Gasteiger partial charge on any atom is 0.333 e. The average molecular weight is 169 g/mol. The van der Waals surface area contributed by atoms with E-state index in [0.29, 0.717) is 18.5 Å². The van der Waals surface area contributed by atoms with Gasteiger partial charge in [-0.3, -0.25) is 0 Å². The van der Waals surface area contributed by atoms with Gasteiger partial charge in [-0.15, -0.1) is 6.58 Å². The van der Waals surface area contributed by atoms with Gasteiger partial charge in [0.2, 0.25) is 0 Å². The molecule has 0 aliphatic heterocycles. The molecule has 0 heterocycles. The second kappa shape index (κ2) is 6.61. The second-order valence-corrected chi connectivity index (χ2v) is 2.34. The van der Waals surface area contributed by atoms with Crippen LogP contribution in [0, 0.1) is 0 Å². The molecule has 0 bridgehead atoms. The third kappa shape index (κ3) is 4.68. The highest BCUT2D eigenvalue weighted by molar-refractivity contribution is 5.87. The van der Waals surface area contributed by atoms with Crippen LogP contribution in [-0.4, -0.2) is 19.1 Å². The zero-order chi connectivity index (χ0) is 9.40. The van der Waals surface area contributed by atoms with Crippen LogP contribution in [0.3, 0.4) is 0 Å². The molecule has 12 heavy (non-hydrogen) atoms. The molecule has 3 nitrogen and oxygen atoms in total. The van der Waals surface area contributed by atoms with Crippen molar-refractivity contribution in [3.05, 3.63) is 24.3 Å². The number of hydrogen-bond donors (Lipinski definition) is 1. The predicted octanol–water partition coefficient (Wildman–Crippen LogP) is 1.01. The van der Waals surface area contributed by atoms with Crippen LogP contribution in [-0.2, 0) is 9.53 Å². The summed E-state index contributed by atoms with van der Waals surface area (Å²) in [4.78, 5) is 11.0. The zero-order valence-electron chi connectivity index (χ0n) is 7.38. The molecule has 0 fully saturated rings. The van der Waals surface area contributed by atoms with Crippen molar-refractivity contribution in [3.63, 3.8) is 0 Å². The highest BCUT2D eigenvalue weighted by Gasteiger charge is 2.02. The SMILES string of the molecule is C=CCC=C(C)C(=O)OCCN. The van der Waals surface area contributed by atoms with Crippen LogP contribution in [0.1, 0.15) is 13.3 Å². The predicted molar refractivity (Wildman–Crippen MR) is 48.6 cm³/mol. The Morgan fingerprint density at radius 3 is 2.83 bits per heavy atom. The molecule has 0 aromatic carbocycles. The molecule has 0 amide bonds. The van der Waals surface area contributed by atoms with Gasteiger partial charge in [-0.25, -0.2) is 4.79 Å². The van der Waals surface area contributed by atoms with Crippen molar-refractivity contribution in [1.29, 1.82) is 0 Å². The lowest BCUT2D eigenvalue weighted by Gasteiger charge is -2.01. The number of nitrogens with two attached hydrogens (primary N) is 1. The van der Waals surface area contributed by atoms with Crippen LogP contribution in [0.4, 0.5) is 0 Å². The fourth-order valence-corrected chi connectivity index (χ4v) is 0.609. The first-order chi connectivity index (χ1) is 5.72. The van der Waals surface area contributed by atoms with Gasteiger partial charge in [-0.1, -0.05) is 12.2 Å². The number of carbonyl (C=O) groups is 1. The minimum atomic E-state index is -0.303. The molecule has 0 rings (SSSR count). The molecule has 0 saturated heterocycles. The molecular weight excluding hydrogens is 154 g/mol. The van der Waals surface area contributed by atoms with Gasteiger partial charge in [0.15, 0.2) is 0 Å². The van der Waals surface area contributed by atoms with E-state index in [-0.39, 0.29) is 12.6 Å². The van der Waals surface area contributed by atoms with E-state index in [1.807, 2.05) is 0 Å². The van der Waals surface area contributed by atoms with Crippen molar-refractivity contribution in [2.45, 2.75) is 13.3 Å². The lowest BCUT2D eigenvalue weighted by Crippen LogP contribution is -2.14. The minimum absolute atomic E-state index is 0.276. The molecule has 68 valence electrons. The largest absolute Gasteiger partial charge is 0.461 e. The van der Waals surface area contributed by atoms with E-state index in [1.165, 1.54) is 0 Å². The topological polar surface area (TPSA) is 52.3 Å². The summed E-state index contributed by atoms with van der Waals surface area (Å²) >= 11 is 0. The van der Waals surface area contributed by atoms with E-state index in [2.05, 4.69) is 6.58 Å². The normalized spacial score (nSPS) is 11.0. The molecule has 0 atom stereocenters. The molecule has 2 N–H and O–H groups in total. The fourth-order valence-electron chi connectivity index (χ4n) is 0.609. The van der Waals surface area contributed by atoms with Crippen LogP contribution < -0.4 is 5.73 Å². The van der Waals surface area contributed by atoms with Crippen LogP contribution in [0.2, 0.25) is 0 Å². The first-order valence-corrected chi connectivity index (χ1v) is 3.87. The fraction of sp³-hybridized carbons (Fsp3) is 0.444. The highest BCUT2D eigenvalue weighted by atomic mass is 16.5. The Labute approximate surface area is 72.9 Å². The molecular formula is C9H15NO2. The van der Waals surface area contributed by atoms with Crippen molar-refractivity contribution < 1.29 is 9.53 Å². The summed E-state index contributed by atoms with van der Waals surface area (Å²) in [5.41, 5.74) is 5.76. The molecule has 0 spiro atoms. The summed E-state index contributed by atoms with van der Waals surface area (Å²) in [6.45, 7) is 5.89. The smallest absolute Gasteiger partial charge is 0.333 e. The lowest BCUT2D eigenvalue weighted by molar-refractivity contribution is -0.138. The van der Waals surface area contributed by atoms with E-state index < -0.39 is 0 Å². The van der Waals surface area contributed by atoms with Crippen molar-refractivity contribution >= 4 is 5.97 Å². The van der Waals surface area contributed by atoms with Gasteiger partial charge in [-0.05, 0) is 13.3 Å². The van der Waals surface area contributed by atoms with Gasteiger partial charge in [-0.2, -0.15) is 0 Å². The average Bonchev–Trinajstić information content (AvgIpc) is 2.10. The summed E-state index contributed by atoms with van der Waals surface area (Å²) in [6.07, 6.45) is 4.18. The van der Waals surface area contributed by atoms with Gasteiger partial charge in [0.1, 0.15) is 6.61 Å². The first-order valence-electron chi connectivity index (χ1n) is 3.87. The Morgan fingerprint density at radius 2 is 2.33 bits per heavy atom. The van der Waals surface area contributed by atoms with Gasteiger partial charge in [0.25, 0.3) is 0 Å². The van der Waals surface area contributed by atoms with E-state index in [1.54, 1.807) is 19.1 Å². The molecule has 0 radical (unpaired) electrons. The van der Waals surface area contributed by atoms with E-state index in [0.717, 1.165) is 0 Å². The van der Waals surface area contributed by atoms with E-state index in [9.17, 15) is 4.79 Å². The Morgan fingerprint density at radius 1 is 1.67 bits per heavy atom. The van der Waals surface area contributed by atoms with Gasteiger partial charge < -0.3 is 10.5 Å². The Bertz CT molecular complexity index is 185. The zero-order valence-corrected chi connectivity index (χ0v) is 7.38. The third-order valence-electron chi connectivity index (χ3n) is 1.26. The van der Waals surface area contributed by atoms with Gasteiger partial charge in [0, 0.05) is 12.1 Å². The maximum atomic E-state index is 11.0. The van der Waals surface area contributed by atoms with Crippen molar-refractivity contribution in [2.24, 2.45) is 5.73 Å². The van der Waals surface area contributed by atoms with Crippen LogP contribution in [0.25, 0.3) is 0 Å². The molecule has 0 unspecified atom stereocenters. The monoisotopic (exact) mass is 169 g/mol. The number of rotatable bonds is 5. The molecule has 0 aliphatic carbocycles. The molecule has 0 aliphatic rings. The molecule has 0 aromatic heterocycles. The van der Waals surface area contributed by atoms with E-state index >= 15 is 0 Å². The lowest BCUT2D eigenvalue weighted by atomic mass is 10.2. The second-order valence-electron chi connectivity index (χ2n) is 2.34. The Kier molecular flexibility index (Phi) is 6.01. The standard InChI is InChI=1S/C9H15NO2/c1-3-4-5-8(2)9(11)12-7-6-10/h3,5H,1,4,6-7,10H2,2H3. The molecule has 3 heteroatoms. The number of allylic oxidation sites excluding steroid dienone is 2. The number of esters is 1.